The molecule has 6 heteroatoms. The SMILES string of the molecule is CC(C)c1ccc(C=Nc2ccc(NN3C(=O)c4ccccc4C3=O)nc2)cc1. The van der Waals surface area contributed by atoms with Crippen LogP contribution in [0.5, 0.6) is 0 Å². The van der Waals surface area contributed by atoms with Crippen LogP contribution in [0.3, 0.4) is 0 Å². The third-order valence-corrected chi connectivity index (χ3v) is 4.73. The Bertz CT molecular complexity index is 1050. The average molecular weight is 384 g/mol. The molecule has 2 amide bonds. The number of nitrogens with zero attached hydrogens (tertiary/aromatic N) is 3. The Morgan fingerprint density at radius 3 is 2.14 bits per heavy atom. The predicted molar refractivity (Wildman–Crippen MR) is 113 cm³/mol. The fourth-order valence-electron chi connectivity index (χ4n) is 3.05. The monoisotopic (exact) mass is 384 g/mol. The van der Waals surface area contributed by atoms with Crippen LogP contribution in [-0.2, 0) is 0 Å². The van der Waals surface area contributed by atoms with Crippen LogP contribution >= 0.6 is 0 Å². The lowest BCUT2D eigenvalue weighted by molar-refractivity contribution is 0.0690. The van der Waals surface area contributed by atoms with Gasteiger partial charge in [-0.2, -0.15) is 5.01 Å². The highest BCUT2D eigenvalue weighted by molar-refractivity contribution is 6.21. The highest BCUT2D eigenvalue weighted by Crippen LogP contribution is 2.23. The standard InChI is InChI=1S/C23H20N4O2/c1-15(2)17-9-7-16(8-10-17)13-24-18-11-12-21(25-14-18)26-27-22(28)19-5-3-4-6-20(19)23(27)29/h3-15H,1-2H3,(H,25,26). The molecule has 1 aliphatic rings. The second-order valence-electron chi connectivity index (χ2n) is 7.08. The largest absolute Gasteiger partial charge is 0.280 e. The number of hydrazine groups is 1. The van der Waals surface area contributed by atoms with Gasteiger partial charge in [0.25, 0.3) is 11.8 Å². The van der Waals surface area contributed by atoms with Gasteiger partial charge in [0.05, 0.1) is 23.0 Å². The summed E-state index contributed by atoms with van der Waals surface area (Å²) in [6.45, 7) is 4.32. The highest BCUT2D eigenvalue weighted by atomic mass is 16.2. The van der Waals surface area contributed by atoms with Gasteiger partial charge in [-0.3, -0.25) is 20.0 Å². The fraction of sp³-hybridized carbons (Fsp3) is 0.130. The number of pyridine rings is 1. The minimum atomic E-state index is -0.389. The third kappa shape index (κ3) is 3.78. The number of hydrogen-bond donors (Lipinski definition) is 1. The van der Waals surface area contributed by atoms with Crippen LogP contribution in [0.1, 0.15) is 51.6 Å². The number of anilines is 1. The van der Waals surface area contributed by atoms with Gasteiger partial charge >= 0.3 is 0 Å². The van der Waals surface area contributed by atoms with Crippen molar-refractivity contribution in [2.75, 3.05) is 5.43 Å². The first kappa shape index (κ1) is 18.6. The van der Waals surface area contributed by atoms with E-state index in [2.05, 4.69) is 41.4 Å². The molecule has 0 fully saturated rings. The Labute approximate surface area is 168 Å². The number of nitrogens with one attached hydrogen (secondary N) is 1. The van der Waals surface area contributed by atoms with Gasteiger partial charge < -0.3 is 0 Å². The van der Waals surface area contributed by atoms with Crippen molar-refractivity contribution in [1.82, 2.24) is 9.99 Å². The Morgan fingerprint density at radius 1 is 0.931 bits per heavy atom. The molecule has 0 atom stereocenters. The van der Waals surface area contributed by atoms with E-state index in [1.54, 1.807) is 48.8 Å². The summed E-state index contributed by atoms with van der Waals surface area (Å²) in [5, 5.41) is 0.978. The molecule has 6 nitrogen and oxygen atoms in total. The third-order valence-electron chi connectivity index (χ3n) is 4.73. The van der Waals surface area contributed by atoms with Gasteiger partial charge in [-0.1, -0.05) is 50.2 Å². The molecule has 0 aliphatic carbocycles. The highest BCUT2D eigenvalue weighted by Gasteiger charge is 2.35. The zero-order chi connectivity index (χ0) is 20.4. The second-order valence-corrected chi connectivity index (χ2v) is 7.08. The minimum Gasteiger partial charge on any atom is -0.271 e. The molecule has 2 heterocycles. The van der Waals surface area contributed by atoms with Crippen molar-refractivity contribution >= 4 is 29.5 Å². The van der Waals surface area contributed by atoms with Gasteiger partial charge in [-0.05, 0) is 41.3 Å². The molecule has 0 radical (unpaired) electrons. The van der Waals surface area contributed by atoms with E-state index in [1.807, 2.05) is 12.1 Å². The Hall–Kier alpha value is -3.80. The van der Waals surface area contributed by atoms with Gasteiger partial charge in [-0.25, -0.2) is 4.98 Å². The van der Waals surface area contributed by atoms with Crippen LogP contribution in [-0.4, -0.2) is 28.0 Å². The summed E-state index contributed by atoms with van der Waals surface area (Å²) in [6.07, 6.45) is 3.36. The Morgan fingerprint density at radius 2 is 1.59 bits per heavy atom. The molecule has 4 rings (SSSR count). The van der Waals surface area contributed by atoms with Crippen molar-refractivity contribution in [2.45, 2.75) is 19.8 Å². The van der Waals surface area contributed by atoms with Crippen LogP contribution in [0.4, 0.5) is 11.5 Å². The van der Waals surface area contributed by atoms with Crippen molar-refractivity contribution in [3.63, 3.8) is 0 Å². The summed E-state index contributed by atoms with van der Waals surface area (Å²) in [4.78, 5) is 33.5. The summed E-state index contributed by atoms with van der Waals surface area (Å²) in [5.41, 5.74) is 6.50. The molecule has 1 aliphatic heterocycles. The van der Waals surface area contributed by atoms with Crippen molar-refractivity contribution in [3.8, 4) is 0 Å². The van der Waals surface area contributed by atoms with Crippen molar-refractivity contribution in [1.29, 1.82) is 0 Å². The summed E-state index contributed by atoms with van der Waals surface area (Å²) in [6, 6.07) is 18.4. The van der Waals surface area contributed by atoms with Crippen molar-refractivity contribution in [2.24, 2.45) is 4.99 Å². The molecule has 0 unspecified atom stereocenters. The normalized spacial score (nSPS) is 13.4. The number of rotatable bonds is 5. The molecule has 0 bridgehead atoms. The van der Waals surface area contributed by atoms with E-state index in [0.29, 0.717) is 28.6 Å². The smallest absolute Gasteiger partial charge is 0.271 e. The summed E-state index contributed by atoms with van der Waals surface area (Å²) >= 11 is 0. The summed E-state index contributed by atoms with van der Waals surface area (Å²) in [5.74, 6) is 0.103. The van der Waals surface area contributed by atoms with Crippen molar-refractivity contribution in [3.05, 3.63) is 89.1 Å². The predicted octanol–water partition coefficient (Wildman–Crippen LogP) is 4.58. The first-order chi connectivity index (χ1) is 14.0. The maximum atomic E-state index is 12.4. The van der Waals surface area contributed by atoms with Gasteiger partial charge in [-0.15, -0.1) is 0 Å². The molecule has 29 heavy (non-hydrogen) atoms. The molecule has 0 saturated heterocycles. The molecular weight excluding hydrogens is 364 g/mol. The van der Waals surface area contributed by atoms with Crippen LogP contribution in [0, 0.1) is 0 Å². The first-order valence-electron chi connectivity index (χ1n) is 9.37. The van der Waals surface area contributed by atoms with E-state index in [4.69, 9.17) is 0 Å². The molecule has 1 N–H and O–H groups in total. The maximum Gasteiger partial charge on any atom is 0.280 e. The molecular formula is C23H20N4O2. The number of hydrogen-bond acceptors (Lipinski definition) is 5. The number of fused-ring (bicyclic) bond motifs is 1. The molecule has 0 saturated carbocycles. The topological polar surface area (TPSA) is 74.7 Å². The Kier molecular flexibility index (Phi) is 4.91. The number of aromatic nitrogens is 1. The quantitative estimate of drug-likeness (QED) is 0.516. The van der Waals surface area contributed by atoms with Gasteiger partial charge in [0.2, 0.25) is 0 Å². The minimum absolute atomic E-state index is 0.384. The zero-order valence-corrected chi connectivity index (χ0v) is 16.2. The van der Waals surface area contributed by atoms with Crippen molar-refractivity contribution < 1.29 is 9.59 Å². The maximum absolute atomic E-state index is 12.4. The lowest BCUT2D eigenvalue weighted by atomic mass is 10.0. The molecule has 3 aromatic rings. The lowest BCUT2D eigenvalue weighted by Gasteiger charge is -2.15. The van der Waals surface area contributed by atoms with Crippen LogP contribution in [0.25, 0.3) is 0 Å². The number of carbonyl (C=O) groups is 2. The molecule has 0 spiro atoms. The van der Waals surface area contributed by atoms with Gasteiger partial charge in [0.15, 0.2) is 0 Å². The number of imide groups is 1. The Balaban J connectivity index is 1.43. The van der Waals surface area contributed by atoms with Gasteiger partial charge in [0.1, 0.15) is 5.82 Å². The van der Waals surface area contributed by atoms with Gasteiger partial charge in [0, 0.05) is 6.21 Å². The van der Waals surface area contributed by atoms with Crippen LogP contribution in [0.15, 0.2) is 71.9 Å². The lowest BCUT2D eigenvalue weighted by Crippen LogP contribution is -2.35. The summed E-state index contributed by atoms with van der Waals surface area (Å²) < 4.78 is 0. The summed E-state index contributed by atoms with van der Waals surface area (Å²) in [7, 11) is 0. The van der Waals surface area contributed by atoms with E-state index in [1.165, 1.54) is 5.56 Å². The first-order valence-corrected chi connectivity index (χ1v) is 9.37. The number of benzene rings is 2. The van der Waals surface area contributed by atoms with E-state index >= 15 is 0 Å². The molecule has 144 valence electrons. The fourth-order valence-corrected chi connectivity index (χ4v) is 3.05. The average Bonchev–Trinajstić information content (AvgIpc) is 2.98. The van der Waals surface area contributed by atoms with Crippen LogP contribution in [0.2, 0.25) is 0 Å². The molecule has 2 aromatic carbocycles. The van der Waals surface area contributed by atoms with E-state index in [-0.39, 0.29) is 11.8 Å². The molecule has 1 aromatic heterocycles. The number of aliphatic imine (C=N–C) groups is 1. The van der Waals surface area contributed by atoms with E-state index in [9.17, 15) is 9.59 Å². The second kappa shape index (κ2) is 7.67. The zero-order valence-electron chi connectivity index (χ0n) is 16.2. The number of carbonyl (C=O) groups excluding carboxylic acids is 2. The number of amides is 2. The van der Waals surface area contributed by atoms with Crippen LogP contribution < -0.4 is 5.43 Å². The van der Waals surface area contributed by atoms with E-state index < -0.39 is 0 Å². The van der Waals surface area contributed by atoms with E-state index in [0.717, 1.165) is 10.6 Å².